The van der Waals surface area contributed by atoms with Crippen LogP contribution in [0, 0.1) is 0 Å². The lowest BCUT2D eigenvalue weighted by Gasteiger charge is -2.09. The molecule has 0 saturated heterocycles. The number of ether oxygens (including phenoxy) is 2. The highest BCUT2D eigenvalue weighted by atomic mass is 35.5. The van der Waals surface area contributed by atoms with E-state index in [4.69, 9.17) is 11.6 Å². The van der Waals surface area contributed by atoms with E-state index in [1.165, 1.54) is 12.1 Å². The molecule has 0 atom stereocenters. The van der Waals surface area contributed by atoms with Gasteiger partial charge in [0.25, 0.3) is 0 Å². The first kappa shape index (κ1) is 15.8. The number of amides is 2. The number of halogens is 1. The predicted molar refractivity (Wildman–Crippen MR) is 69.9 cm³/mol. The van der Waals surface area contributed by atoms with E-state index in [9.17, 15) is 14.8 Å². The molecule has 0 spiro atoms. The van der Waals surface area contributed by atoms with Crippen LogP contribution in [0.2, 0.25) is 5.02 Å². The maximum atomic E-state index is 11.3. The quantitative estimate of drug-likeness (QED) is 0.831. The van der Waals surface area contributed by atoms with Gasteiger partial charge < -0.3 is 14.7 Å². The molecule has 1 aromatic rings. The molecule has 0 aromatic carbocycles. The summed E-state index contributed by atoms with van der Waals surface area (Å²) in [7, 11) is 0. The molecular formula is C11H14ClN3O5. The fourth-order valence-corrected chi connectivity index (χ4v) is 1.43. The summed E-state index contributed by atoms with van der Waals surface area (Å²) in [6, 6.07) is 2.50. The number of anilines is 1. The van der Waals surface area contributed by atoms with Crippen LogP contribution in [0.25, 0.3) is 0 Å². The third-order valence-electron chi connectivity index (χ3n) is 1.97. The number of carbonyl (C=O) groups excluding carboxylic acids is 2. The highest BCUT2D eigenvalue weighted by molar-refractivity contribution is 6.30. The van der Waals surface area contributed by atoms with Crippen molar-refractivity contribution < 1.29 is 24.3 Å². The summed E-state index contributed by atoms with van der Waals surface area (Å²) in [6.45, 7) is 3.55. The average molecular weight is 304 g/mol. The molecule has 110 valence electrons. The zero-order chi connectivity index (χ0) is 15.1. The highest BCUT2D eigenvalue weighted by Crippen LogP contribution is 2.12. The molecule has 20 heavy (non-hydrogen) atoms. The zero-order valence-electron chi connectivity index (χ0n) is 10.9. The predicted octanol–water partition coefficient (Wildman–Crippen LogP) is 2.00. The Balaban J connectivity index is 3.13. The topological polar surface area (TPSA) is 102 Å². The Kier molecular flexibility index (Phi) is 5.85. The molecule has 0 bridgehead atoms. The van der Waals surface area contributed by atoms with E-state index >= 15 is 0 Å². The third-order valence-corrected chi connectivity index (χ3v) is 2.18. The molecule has 2 amide bonds. The van der Waals surface area contributed by atoms with Crippen LogP contribution in [-0.2, 0) is 9.47 Å². The van der Waals surface area contributed by atoms with Crippen LogP contribution in [-0.4, -0.2) is 35.3 Å². The van der Waals surface area contributed by atoms with Gasteiger partial charge in [-0.15, -0.1) is 0 Å². The number of aromatic nitrogens is 1. The molecule has 0 unspecified atom stereocenters. The van der Waals surface area contributed by atoms with Crippen LogP contribution in [0.5, 0.6) is 0 Å². The van der Waals surface area contributed by atoms with Gasteiger partial charge in [0, 0.05) is 17.2 Å². The first-order valence-corrected chi connectivity index (χ1v) is 6.12. The minimum absolute atomic E-state index is 0.0981. The number of nitrogens with one attached hydrogen (secondary N) is 1. The number of hydrogen-bond acceptors (Lipinski definition) is 5. The van der Waals surface area contributed by atoms with E-state index in [1.54, 1.807) is 13.8 Å². The van der Waals surface area contributed by atoms with Crippen molar-refractivity contribution in [2.24, 2.45) is 4.99 Å². The Bertz CT molecular complexity index is 570. The van der Waals surface area contributed by atoms with Gasteiger partial charge in [0.05, 0.1) is 13.2 Å². The summed E-state index contributed by atoms with van der Waals surface area (Å²) in [5.74, 6) is -0.0981. The van der Waals surface area contributed by atoms with Crippen molar-refractivity contribution in [2.75, 3.05) is 18.5 Å². The molecule has 0 aliphatic heterocycles. The maximum absolute atomic E-state index is 11.3. The fourth-order valence-electron chi connectivity index (χ4n) is 1.23. The summed E-state index contributed by atoms with van der Waals surface area (Å²) in [4.78, 5) is 26.0. The molecule has 1 rings (SSSR count). The van der Waals surface area contributed by atoms with Gasteiger partial charge in [-0.2, -0.15) is 9.72 Å². The van der Waals surface area contributed by atoms with Crippen LogP contribution < -0.4 is 10.8 Å². The lowest BCUT2D eigenvalue weighted by Crippen LogP contribution is -2.26. The van der Waals surface area contributed by atoms with E-state index < -0.39 is 12.2 Å². The van der Waals surface area contributed by atoms with Crippen molar-refractivity contribution in [3.05, 3.63) is 22.6 Å². The van der Waals surface area contributed by atoms with Gasteiger partial charge >= 0.3 is 12.2 Å². The van der Waals surface area contributed by atoms with Crippen molar-refractivity contribution in [1.29, 1.82) is 0 Å². The SMILES string of the molecule is CCOC(=O)N=c1cc(Cl)cc(NC(=O)OCC)n1O. The maximum Gasteiger partial charge on any atom is 0.435 e. The van der Waals surface area contributed by atoms with Gasteiger partial charge in [-0.3, -0.25) is 5.32 Å². The summed E-state index contributed by atoms with van der Waals surface area (Å²) >= 11 is 5.81. The molecule has 0 aliphatic carbocycles. The molecule has 0 fully saturated rings. The monoisotopic (exact) mass is 303 g/mol. The van der Waals surface area contributed by atoms with Crippen molar-refractivity contribution in [2.45, 2.75) is 13.8 Å². The van der Waals surface area contributed by atoms with Crippen LogP contribution in [0.3, 0.4) is 0 Å². The smallest absolute Gasteiger partial charge is 0.435 e. The van der Waals surface area contributed by atoms with Crippen LogP contribution in [0.15, 0.2) is 17.1 Å². The number of rotatable bonds is 3. The molecule has 2 N–H and O–H groups in total. The first-order chi connectivity index (χ1) is 9.47. The summed E-state index contributed by atoms with van der Waals surface area (Å²) < 4.78 is 9.76. The van der Waals surface area contributed by atoms with Crippen molar-refractivity contribution in [3.8, 4) is 0 Å². The van der Waals surface area contributed by atoms with Crippen molar-refractivity contribution >= 4 is 29.6 Å². The number of carbonyl (C=O) groups is 2. The zero-order valence-corrected chi connectivity index (χ0v) is 11.7. The Hall–Kier alpha value is -2.22. The Labute approximate surface area is 119 Å². The van der Waals surface area contributed by atoms with Gasteiger partial charge in [0.1, 0.15) is 0 Å². The molecule has 1 heterocycles. The Morgan fingerprint density at radius 1 is 1.35 bits per heavy atom. The van der Waals surface area contributed by atoms with E-state index in [-0.39, 0.29) is 29.5 Å². The summed E-state index contributed by atoms with van der Waals surface area (Å²) in [5.41, 5.74) is -0.192. The molecule has 0 aliphatic rings. The lowest BCUT2D eigenvalue weighted by atomic mass is 10.4. The Morgan fingerprint density at radius 3 is 2.60 bits per heavy atom. The molecule has 9 heteroatoms. The van der Waals surface area contributed by atoms with Crippen molar-refractivity contribution in [1.82, 2.24) is 4.73 Å². The van der Waals surface area contributed by atoms with E-state index in [2.05, 4.69) is 19.8 Å². The second kappa shape index (κ2) is 7.39. The fraction of sp³-hybridized carbons (Fsp3) is 0.364. The normalized spacial score (nSPS) is 11.1. The average Bonchev–Trinajstić information content (AvgIpc) is 2.35. The largest absolute Gasteiger partial charge is 0.450 e. The standard InChI is InChI=1S/C11H14ClN3O5/c1-3-19-10(16)13-8-5-7(12)6-9(15(8)18)14-11(17)20-4-2/h5-6,18H,3-4H2,1-2H3,(H,13,16). The first-order valence-electron chi connectivity index (χ1n) is 5.75. The molecule has 0 saturated carbocycles. The highest BCUT2D eigenvalue weighted by Gasteiger charge is 2.09. The van der Waals surface area contributed by atoms with E-state index in [1.807, 2.05) is 0 Å². The van der Waals surface area contributed by atoms with E-state index in [0.29, 0.717) is 4.73 Å². The van der Waals surface area contributed by atoms with Crippen LogP contribution >= 0.6 is 11.6 Å². The number of pyridine rings is 1. The lowest BCUT2D eigenvalue weighted by molar-refractivity contribution is 0.153. The van der Waals surface area contributed by atoms with Crippen LogP contribution in [0.4, 0.5) is 15.4 Å². The Morgan fingerprint density at radius 2 is 2.00 bits per heavy atom. The van der Waals surface area contributed by atoms with E-state index in [0.717, 1.165) is 0 Å². The van der Waals surface area contributed by atoms with Crippen molar-refractivity contribution in [3.63, 3.8) is 0 Å². The third kappa shape index (κ3) is 4.47. The number of nitrogens with zero attached hydrogens (tertiary/aromatic N) is 2. The van der Waals surface area contributed by atoms with Crippen LogP contribution in [0.1, 0.15) is 13.8 Å². The second-order valence-corrected chi connectivity index (χ2v) is 3.82. The second-order valence-electron chi connectivity index (χ2n) is 3.38. The van der Waals surface area contributed by atoms with Gasteiger partial charge in [0.15, 0.2) is 11.3 Å². The molecule has 1 aromatic heterocycles. The summed E-state index contributed by atoms with van der Waals surface area (Å²) in [6.07, 6.45) is -1.67. The minimum atomic E-state index is -0.889. The number of hydrogen-bond donors (Lipinski definition) is 2. The van der Waals surface area contributed by atoms with Gasteiger partial charge in [-0.05, 0) is 13.8 Å². The van der Waals surface area contributed by atoms with Gasteiger partial charge in [0.2, 0.25) is 0 Å². The van der Waals surface area contributed by atoms with Gasteiger partial charge in [-0.25, -0.2) is 9.59 Å². The van der Waals surface area contributed by atoms with Gasteiger partial charge in [-0.1, -0.05) is 11.6 Å². The minimum Gasteiger partial charge on any atom is -0.450 e. The molecule has 8 nitrogen and oxygen atoms in total. The molecular weight excluding hydrogens is 290 g/mol. The molecule has 0 radical (unpaired) electrons. The summed E-state index contributed by atoms with van der Waals surface area (Å²) in [5, 5.41) is 12.2.